The van der Waals surface area contributed by atoms with E-state index in [1.54, 1.807) is 7.11 Å². The highest BCUT2D eigenvalue weighted by Crippen LogP contribution is 2.31. The number of likely N-dealkylation sites (N-methyl/N-ethyl adjacent to an activating group) is 1. The minimum absolute atomic E-state index is 0.0821. The molecule has 2 nitrogen and oxygen atoms in total. The first-order valence-corrected chi connectivity index (χ1v) is 5.70. The Kier molecular flexibility index (Phi) is 4.84. The van der Waals surface area contributed by atoms with E-state index in [9.17, 15) is 0 Å². The average molecular weight is 240 g/mol. The van der Waals surface area contributed by atoms with Gasteiger partial charge in [-0.1, -0.05) is 30.7 Å². The third kappa shape index (κ3) is 3.00. The van der Waals surface area contributed by atoms with Crippen LogP contribution in [0.4, 0.5) is 0 Å². The first-order valence-electron chi connectivity index (χ1n) is 5.32. The molecule has 0 aliphatic heterocycles. The van der Waals surface area contributed by atoms with Gasteiger partial charge in [-0.2, -0.15) is 0 Å². The number of halogens is 1. The number of hydrogen-bond donors (Lipinski definition) is 1. The Hall–Kier alpha value is -0.990. The second kappa shape index (κ2) is 5.92. The molecule has 0 radical (unpaired) electrons. The summed E-state index contributed by atoms with van der Waals surface area (Å²) in [6.07, 6.45) is 0. The van der Waals surface area contributed by atoms with Crippen LogP contribution in [-0.2, 0) is 0 Å². The van der Waals surface area contributed by atoms with E-state index in [2.05, 4.69) is 18.8 Å². The molecule has 0 aromatic heterocycles. The van der Waals surface area contributed by atoms with E-state index in [1.807, 2.05) is 25.1 Å². The Balaban J connectivity index is 3.15. The molecule has 0 spiro atoms. The van der Waals surface area contributed by atoms with Gasteiger partial charge in [0, 0.05) is 10.6 Å². The summed E-state index contributed by atoms with van der Waals surface area (Å²) in [5.41, 5.74) is 2.08. The van der Waals surface area contributed by atoms with Crippen LogP contribution in [0.25, 0.3) is 0 Å². The fourth-order valence-corrected chi connectivity index (χ4v) is 1.87. The van der Waals surface area contributed by atoms with Gasteiger partial charge in [0.15, 0.2) is 0 Å². The first kappa shape index (κ1) is 13.1. The van der Waals surface area contributed by atoms with Crippen LogP contribution >= 0.6 is 11.6 Å². The van der Waals surface area contributed by atoms with E-state index in [-0.39, 0.29) is 6.04 Å². The van der Waals surface area contributed by atoms with Gasteiger partial charge >= 0.3 is 0 Å². The summed E-state index contributed by atoms with van der Waals surface area (Å²) in [6, 6.07) is 5.71. The smallest absolute Gasteiger partial charge is 0.124 e. The molecular formula is C13H18ClNO. The molecule has 1 aromatic rings. The highest BCUT2D eigenvalue weighted by Gasteiger charge is 2.16. The molecule has 0 heterocycles. The van der Waals surface area contributed by atoms with Gasteiger partial charge in [-0.25, -0.2) is 0 Å². The van der Waals surface area contributed by atoms with Crippen LogP contribution in [0.2, 0.25) is 5.02 Å². The number of rotatable bonds is 5. The SMILES string of the molecule is C=C(C)C(NCC)c1cc(Cl)ccc1OC. The fourth-order valence-electron chi connectivity index (χ4n) is 1.68. The molecule has 88 valence electrons. The molecule has 1 N–H and O–H groups in total. The van der Waals surface area contributed by atoms with Crippen LogP contribution in [0.5, 0.6) is 5.75 Å². The standard InChI is InChI=1S/C13H18ClNO/c1-5-15-13(9(2)3)11-8-10(14)6-7-12(11)16-4/h6-8,13,15H,2,5H2,1,3-4H3. The molecular weight excluding hydrogens is 222 g/mol. The van der Waals surface area contributed by atoms with Crippen LogP contribution in [0.3, 0.4) is 0 Å². The van der Waals surface area contributed by atoms with Crippen LogP contribution < -0.4 is 10.1 Å². The highest BCUT2D eigenvalue weighted by atomic mass is 35.5. The molecule has 3 heteroatoms. The van der Waals surface area contributed by atoms with Crippen LogP contribution in [0.1, 0.15) is 25.5 Å². The zero-order valence-corrected chi connectivity index (χ0v) is 10.8. The molecule has 0 bridgehead atoms. The van der Waals surface area contributed by atoms with Crippen molar-refractivity contribution >= 4 is 11.6 Å². The Morgan fingerprint density at radius 3 is 2.75 bits per heavy atom. The van der Waals surface area contributed by atoms with E-state index >= 15 is 0 Å². The van der Waals surface area contributed by atoms with E-state index in [0.29, 0.717) is 5.02 Å². The lowest BCUT2D eigenvalue weighted by molar-refractivity contribution is 0.404. The molecule has 0 saturated heterocycles. The predicted molar refractivity (Wildman–Crippen MR) is 69.2 cm³/mol. The van der Waals surface area contributed by atoms with Crippen molar-refractivity contribution < 1.29 is 4.74 Å². The van der Waals surface area contributed by atoms with Crippen LogP contribution in [0.15, 0.2) is 30.4 Å². The van der Waals surface area contributed by atoms with Gasteiger partial charge in [-0.05, 0) is 31.7 Å². The third-order valence-corrected chi connectivity index (χ3v) is 2.64. The second-order valence-electron chi connectivity index (χ2n) is 3.72. The molecule has 1 unspecified atom stereocenters. The topological polar surface area (TPSA) is 21.3 Å². The predicted octanol–water partition coefficient (Wildman–Crippen LogP) is 3.58. The van der Waals surface area contributed by atoms with Crippen molar-refractivity contribution in [3.63, 3.8) is 0 Å². The summed E-state index contributed by atoms with van der Waals surface area (Å²) in [6.45, 7) is 8.92. The molecule has 1 aromatic carbocycles. The summed E-state index contributed by atoms with van der Waals surface area (Å²) in [5.74, 6) is 0.832. The Morgan fingerprint density at radius 2 is 2.25 bits per heavy atom. The summed E-state index contributed by atoms with van der Waals surface area (Å²) in [5, 5.41) is 4.07. The van der Waals surface area contributed by atoms with Crippen LogP contribution in [-0.4, -0.2) is 13.7 Å². The summed E-state index contributed by atoms with van der Waals surface area (Å²) in [7, 11) is 1.66. The molecule has 0 saturated carbocycles. The lowest BCUT2D eigenvalue weighted by atomic mass is 10.00. The van der Waals surface area contributed by atoms with Crippen molar-refractivity contribution in [2.75, 3.05) is 13.7 Å². The summed E-state index contributed by atoms with van der Waals surface area (Å²) in [4.78, 5) is 0. The molecule has 16 heavy (non-hydrogen) atoms. The largest absolute Gasteiger partial charge is 0.496 e. The molecule has 1 rings (SSSR count). The van der Waals surface area contributed by atoms with Crippen LogP contribution in [0, 0.1) is 0 Å². The molecule has 0 aliphatic carbocycles. The van der Waals surface area contributed by atoms with E-state index in [4.69, 9.17) is 16.3 Å². The first-order chi connectivity index (χ1) is 7.60. The van der Waals surface area contributed by atoms with Crippen molar-refractivity contribution in [1.29, 1.82) is 0 Å². The summed E-state index contributed by atoms with van der Waals surface area (Å²) >= 11 is 6.01. The van der Waals surface area contributed by atoms with Gasteiger partial charge in [0.1, 0.15) is 5.75 Å². The molecule has 0 fully saturated rings. The number of methoxy groups -OCH3 is 1. The molecule has 0 aliphatic rings. The molecule has 1 atom stereocenters. The lowest BCUT2D eigenvalue weighted by Gasteiger charge is -2.21. The maximum Gasteiger partial charge on any atom is 0.124 e. The van der Waals surface area contributed by atoms with Crippen molar-refractivity contribution in [3.05, 3.63) is 40.9 Å². The minimum Gasteiger partial charge on any atom is -0.496 e. The zero-order chi connectivity index (χ0) is 12.1. The van der Waals surface area contributed by atoms with E-state index in [0.717, 1.165) is 23.4 Å². The van der Waals surface area contributed by atoms with Gasteiger partial charge in [-0.15, -0.1) is 0 Å². The quantitative estimate of drug-likeness (QED) is 0.794. The normalized spacial score (nSPS) is 12.2. The fraction of sp³-hybridized carbons (Fsp3) is 0.385. The monoisotopic (exact) mass is 239 g/mol. The molecule has 0 amide bonds. The minimum atomic E-state index is 0.0821. The van der Waals surface area contributed by atoms with Crippen molar-refractivity contribution in [3.8, 4) is 5.75 Å². The highest BCUT2D eigenvalue weighted by molar-refractivity contribution is 6.30. The maximum absolute atomic E-state index is 6.01. The Labute approximate surface area is 102 Å². The van der Waals surface area contributed by atoms with Crippen molar-refractivity contribution in [1.82, 2.24) is 5.32 Å². The van der Waals surface area contributed by atoms with E-state index < -0.39 is 0 Å². The van der Waals surface area contributed by atoms with Crippen molar-refractivity contribution in [2.45, 2.75) is 19.9 Å². The Morgan fingerprint density at radius 1 is 1.56 bits per heavy atom. The third-order valence-electron chi connectivity index (χ3n) is 2.40. The van der Waals surface area contributed by atoms with Gasteiger partial charge in [0.25, 0.3) is 0 Å². The maximum atomic E-state index is 6.01. The zero-order valence-electron chi connectivity index (χ0n) is 10.0. The second-order valence-corrected chi connectivity index (χ2v) is 4.16. The van der Waals surface area contributed by atoms with Gasteiger partial charge in [0.2, 0.25) is 0 Å². The Bertz CT molecular complexity index is 376. The number of hydrogen-bond acceptors (Lipinski definition) is 2. The number of benzene rings is 1. The van der Waals surface area contributed by atoms with Gasteiger partial charge in [0.05, 0.1) is 13.2 Å². The lowest BCUT2D eigenvalue weighted by Crippen LogP contribution is -2.22. The number of nitrogens with one attached hydrogen (secondary N) is 1. The van der Waals surface area contributed by atoms with E-state index in [1.165, 1.54) is 0 Å². The van der Waals surface area contributed by atoms with Gasteiger partial charge < -0.3 is 10.1 Å². The van der Waals surface area contributed by atoms with Crippen molar-refractivity contribution in [2.24, 2.45) is 0 Å². The van der Waals surface area contributed by atoms with Gasteiger partial charge in [-0.3, -0.25) is 0 Å². The average Bonchev–Trinajstić information content (AvgIpc) is 2.25. The summed E-state index contributed by atoms with van der Waals surface area (Å²) < 4.78 is 5.34. The number of ether oxygens (including phenoxy) is 1.